The lowest BCUT2D eigenvalue weighted by atomic mass is 9.69. The summed E-state index contributed by atoms with van der Waals surface area (Å²) < 4.78 is 5.42. The highest BCUT2D eigenvalue weighted by molar-refractivity contribution is 6.01. The van der Waals surface area contributed by atoms with Gasteiger partial charge in [-0.15, -0.1) is 0 Å². The monoisotopic (exact) mass is 338 g/mol. The Kier molecular flexibility index (Phi) is 5.00. The van der Waals surface area contributed by atoms with Gasteiger partial charge in [-0.2, -0.15) is 0 Å². The van der Waals surface area contributed by atoms with E-state index in [0.29, 0.717) is 6.42 Å². The molecule has 0 spiro atoms. The van der Waals surface area contributed by atoms with E-state index in [9.17, 15) is 14.7 Å². The van der Waals surface area contributed by atoms with E-state index in [1.165, 1.54) is 0 Å². The molecule has 1 fully saturated rings. The molecule has 0 saturated heterocycles. The molecular weight excluding hydrogens is 316 g/mol. The molecule has 1 aliphatic rings. The number of Topliss-reactive ketones (excluding diaryl/α,β-unsaturated/α-hetero) is 1. The number of ketones is 1. The van der Waals surface area contributed by atoms with E-state index < -0.39 is 17.5 Å². The number of rotatable bonds is 4. The Morgan fingerprint density at radius 3 is 2.36 bits per heavy atom. The van der Waals surface area contributed by atoms with Crippen LogP contribution < -0.4 is 0 Å². The first-order valence-corrected chi connectivity index (χ1v) is 8.47. The summed E-state index contributed by atoms with van der Waals surface area (Å²) >= 11 is 0. The first-order valence-electron chi connectivity index (χ1n) is 8.47. The molecule has 130 valence electrons. The van der Waals surface area contributed by atoms with Crippen LogP contribution in [0, 0.1) is 5.92 Å². The lowest BCUT2D eigenvalue weighted by Crippen LogP contribution is -2.45. The normalized spacial score (nSPS) is 26.2. The van der Waals surface area contributed by atoms with Crippen molar-refractivity contribution in [3.63, 3.8) is 0 Å². The zero-order valence-electron chi connectivity index (χ0n) is 14.2. The second kappa shape index (κ2) is 7.19. The molecule has 4 heteroatoms. The lowest BCUT2D eigenvalue weighted by Gasteiger charge is -2.37. The van der Waals surface area contributed by atoms with E-state index >= 15 is 0 Å². The molecule has 4 nitrogen and oxygen atoms in total. The SMILES string of the molecule is CC1(O)CC(=O)C(C(=O)OCc2ccccc2)C(c2ccccc2)C1. The number of carbonyl (C=O) groups is 2. The molecule has 3 unspecified atom stereocenters. The summed E-state index contributed by atoms with van der Waals surface area (Å²) in [6, 6.07) is 18.8. The van der Waals surface area contributed by atoms with Gasteiger partial charge in [-0.25, -0.2) is 0 Å². The summed E-state index contributed by atoms with van der Waals surface area (Å²) in [6.07, 6.45) is 0.329. The smallest absolute Gasteiger partial charge is 0.317 e. The second-order valence-corrected chi connectivity index (χ2v) is 6.93. The number of esters is 1. The number of ether oxygens (including phenoxy) is 1. The maximum Gasteiger partial charge on any atom is 0.317 e. The van der Waals surface area contributed by atoms with Crippen LogP contribution in [0.25, 0.3) is 0 Å². The van der Waals surface area contributed by atoms with Crippen molar-refractivity contribution in [1.29, 1.82) is 0 Å². The van der Waals surface area contributed by atoms with Gasteiger partial charge in [0, 0.05) is 12.3 Å². The van der Waals surface area contributed by atoms with Gasteiger partial charge in [0.15, 0.2) is 5.78 Å². The maximum absolute atomic E-state index is 12.7. The molecule has 0 radical (unpaired) electrons. The van der Waals surface area contributed by atoms with Crippen LogP contribution in [0.1, 0.15) is 36.8 Å². The van der Waals surface area contributed by atoms with Crippen LogP contribution in [-0.4, -0.2) is 22.5 Å². The van der Waals surface area contributed by atoms with Crippen LogP contribution in [0.4, 0.5) is 0 Å². The summed E-state index contributed by atoms with van der Waals surface area (Å²) in [5, 5.41) is 10.4. The van der Waals surface area contributed by atoms with E-state index in [-0.39, 0.29) is 24.7 Å². The lowest BCUT2D eigenvalue weighted by molar-refractivity contribution is -0.158. The number of benzene rings is 2. The Morgan fingerprint density at radius 1 is 1.12 bits per heavy atom. The molecule has 0 bridgehead atoms. The number of aliphatic hydroxyl groups is 1. The molecule has 1 aliphatic carbocycles. The standard InChI is InChI=1S/C21H22O4/c1-21(24)12-17(16-10-6-3-7-11-16)19(18(22)13-21)20(23)25-14-15-8-4-2-5-9-15/h2-11,17,19,24H,12-14H2,1H3. The number of hydrogen-bond donors (Lipinski definition) is 1. The second-order valence-electron chi connectivity index (χ2n) is 6.93. The molecule has 1 N–H and O–H groups in total. The molecule has 3 rings (SSSR count). The Labute approximate surface area is 147 Å². The van der Waals surface area contributed by atoms with Gasteiger partial charge in [0.1, 0.15) is 12.5 Å². The van der Waals surface area contributed by atoms with E-state index in [0.717, 1.165) is 11.1 Å². The average Bonchev–Trinajstić information content (AvgIpc) is 2.60. The summed E-state index contributed by atoms with van der Waals surface area (Å²) in [6.45, 7) is 1.79. The van der Waals surface area contributed by atoms with Crippen LogP contribution in [0.5, 0.6) is 0 Å². The quantitative estimate of drug-likeness (QED) is 0.687. The van der Waals surface area contributed by atoms with E-state index in [4.69, 9.17) is 4.74 Å². The molecule has 2 aromatic rings. The fraction of sp³-hybridized carbons (Fsp3) is 0.333. The van der Waals surface area contributed by atoms with E-state index in [1.54, 1.807) is 6.92 Å². The highest BCUT2D eigenvalue weighted by Crippen LogP contribution is 2.41. The minimum absolute atomic E-state index is 0.0264. The first kappa shape index (κ1) is 17.4. The zero-order valence-corrected chi connectivity index (χ0v) is 14.2. The summed E-state index contributed by atoms with van der Waals surface area (Å²) in [5.74, 6) is -2.02. The van der Waals surface area contributed by atoms with Crippen molar-refractivity contribution in [2.75, 3.05) is 0 Å². The van der Waals surface area contributed by atoms with Crippen LogP contribution in [0.3, 0.4) is 0 Å². The van der Waals surface area contributed by atoms with Crippen molar-refractivity contribution >= 4 is 11.8 Å². The fourth-order valence-electron chi connectivity index (χ4n) is 3.50. The predicted octanol–water partition coefficient (Wildman–Crippen LogP) is 3.24. The molecular formula is C21H22O4. The van der Waals surface area contributed by atoms with Crippen molar-refractivity contribution in [2.45, 2.75) is 37.9 Å². The molecule has 0 heterocycles. The molecule has 0 amide bonds. The van der Waals surface area contributed by atoms with Crippen LogP contribution in [-0.2, 0) is 20.9 Å². The molecule has 2 aromatic carbocycles. The van der Waals surface area contributed by atoms with Crippen LogP contribution >= 0.6 is 0 Å². The van der Waals surface area contributed by atoms with Crippen molar-refractivity contribution in [3.05, 3.63) is 71.8 Å². The summed E-state index contributed by atoms with van der Waals surface area (Å²) in [4.78, 5) is 25.2. The van der Waals surface area contributed by atoms with Gasteiger partial charge in [0.05, 0.1) is 5.60 Å². The minimum atomic E-state index is -1.10. The van der Waals surface area contributed by atoms with Gasteiger partial charge in [-0.3, -0.25) is 9.59 Å². The Bertz CT molecular complexity index is 737. The third kappa shape index (κ3) is 4.15. The molecule has 25 heavy (non-hydrogen) atoms. The molecule has 0 aliphatic heterocycles. The van der Waals surface area contributed by atoms with Gasteiger partial charge < -0.3 is 9.84 Å². The predicted molar refractivity (Wildman–Crippen MR) is 93.8 cm³/mol. The van der Waals surface area contributed by atoms with Crippen molar-refractivity contribution in [2.24, 2.45) is 5.92 Å². The molecule has 1 saturated carbocycles. The molecule has 3 atom stereocenters. The third-order valence-electron chi connectivity index (χ3n) is 4.67. The van der Waals surface area contributed by atoms with Crippen molar-refractivity contribution in [1.82, 2.24) is 0 Å². The van der Waals surface area contributed by atoms with Gasteiger partial charge in [0.2, 0.25) is 0 Å². The fourth-order valence-corrected chi connectivity index (χ4v) is 3.50. The van der Waals surface area contributed by atoms with Gasteiger partial charge in [0.25, 0.3) is 0 Å². The minimum Gasteiger partial charge on any atom is -0.460 e. The first-order chi connectivity index (χ1) is 12.0. The zero-order chi connectivity index (χ0) is 17.9. The highest BCUT2D eigenvalue weighted by Gasteiger charge is 2.46. The Balaban J connectivity index is 1.80. The highest BCUT2D eigenvalue weighted by atomic mass is 16.5. The van der Waals surface area contributed by atoms with Gasteiger partial charge >= 0.3 is 5.97 Å². The van der Waals surface area contributed by atoms with Crippen molar-refractivity contribution in [3.8, 4) is 0 Å². The third-order valence-corrected chi connectivity index (χ3v) is 4.67. The summed E-state index contributed by atoms with van der Waals surface area (Å²) in [7, 11) is 0. The van der Waals surface area contributed by atoms with Gasteiger partial charge in [-0.1, -0.05) is 60.7 Å². The van der Waals surface area contributed by atoms with Crippen LogP contribution in [0.2, 0.25) is 0 Å². The number of hydrogen-bond acceptors (Lipinski definition) is 4. The average molecular weight is 338 g/mol. The van der Waals surface area contributed by atoms with Crippen LogP contribution in [0.15, 0.2) is 60.7 Å². The number of carbonyl (C=O) groups excluding carboxylic acids is 2. The molecule has 0 aromatic heterocycles. The Hall–Kier alpha value is -2.46. The largest absolute Gasteiger partial charge is 0.460 e. The van der Waals surface area contributed by atoms with Gasteiger partial charge in [-0.05, 0) is 24.5 Å². The summed E-state index contributed by atoms with van der Waals surface area (Å²) in [5.41, 5.74) is 0.646. The Morgan fingerprint density at radius 2 is 1.72 bits per heavy atom. The van der Waals surface area contributed by atoms with E-state index in [1.807, 2.05) is 60.7 Å². The topological polar surface area (TPSA) is 63.6 Å². The maximum atomic E-state index is 12.7. The van der Waals surface area contributed by atoms with E-state index in [2.05, 4.69) is 0 Å². The van der Waals surface area contributed by atoms with Crippen molar-refractivity contribution < 1.29 is 19.4 Å².